The summed E-state index contributed by atoms with van der Waals surface area (Å²) in [6.07, 6.45) is 3.24. The van der Waals surface area contributed by atoms with E-state index < -0.39 is 5.56 Å². The molecule has 2 N–H and O–H groups in total. The fraction of sp³-hybridized carbons (Fsp3) is 0.333. The average molecular weight is 324 g/mol. The maximum Gasteiger partial charge on any atom is 0.285 e. The Hall–Kier alpha value is -2.21. The van der Waals surface area contributed by atoms with Crippen molar-refractivity contribution >= 4 is 17.3 Å². The summed E-state index contributed by atoms with van der Waals surface area (Å²) in [5.41, 5.74) is 1.29. The number of methoxy groups -OCH3 is 2. The number of aromatic amines is 1. The van der Waals surface area contributed by atoms with Gasteiger partial charge in [-0.3, -0.25) is 4.79 Å². The van der Waals surface area contributed by atoms with Crippen molar-refractivity contribution in [1.82, 2.24) is 10.2 Å². The van der Waals surface area contributed by atoms with Crippen LogP contribution >= 0.6 is 11.6 Å². The zero-order valence-corrected chi connectivity index (χ0v) is 13.2. The van der Waals surface area contributed by atoms with Crippen LogP contribution in [0, 0.1) is 0 Å². The second kappa shape index (κ2) is 7.70. The Morgan fingerprint density at radius 2 is 2.05 bits per heavy atom. The predicted molar refractivity (Wildman–Crippen MR) is 86.2 cm³/mol. The van der Waals surface area contributed by atoms with Crippen LogP contribution in [-0.2, 0) is 6.42 Å². The second-order valence-electron chi connectivity index (χ2n) is 4.65. The van der Waals surface area contributed by atoms with Gasteiger partial charge in [0.15, 0.2) is 11.5 Å². The molecule has 0 unspecified atom stereocenters. The first-order valence-electron chi connectivity index (χ1n) is 6.83. The molecule has 1 heterocycles. The molecule has 0 aliphatic rings. The molecule has 0 aliphatic carbocycles. The van der Waals surface area contributed by atoms with E-state index in [9.17, 15) is 4.79 Å². The number of aryl methyl sites for hydroxylation is 1. The summed E-state index contributed by atoms with van der Waals surface area (Å²) in [6.45, 7) is 0.680. The number of halogens is 1. The van der Waals surface area contributed by atoms with E-state index in [1.54, 1.807) is 14.2 Å². The van der Waals surface area contributed by atoms with E-state index in [-0.39, 0.29) is 5.02 Å². The third kappa shape index (κ3) is 3.92. The molecular formula is C15H18ClN3O3. The Morgan fingerprint density at radius 1 is 1.27 bits per heavy atom. The van der Waals surface area contributed by atoms with Crippen LogP contribution < -0.4 is 20.3 Å². The molecule has 7 heteroatoms. The molecule has 0 atom stereocenters. The molecule has 1 aromatic heterocycles. The maximum absolute atomic E-state index is 11.3. The van der Waals surface area contributed by atoms with Gasteiger partial charge in [0.25, 0.3) is 5.56 Å². The summed E-state index contributed by atoms with van der Waals surface area (Å²) in [4.78, 5) is 11.3. The van der Waals surface area contributed by atoms with Crippen LogP contribution in [0.3, 0.4) is 0 Å². The molecule has 0 radical (unpaired) electrons. The van der Waals surface area contributed by atoms with E-state index in [1.807, 2.05) is 18.2 Å². The van der Waals surface area contributed by atoms with Crippen molar-refractivity contribution in [3.63, 3.8) is 0 Å². The number of hydrogen-bond acceptors (Lipinski definition) is 5. The number of aromatic nitrogens is 2. The first kappa shape index (κ1) is 16.2. The lowest BCUT2D eigenvalue weighted by atomic mass is 10.1. The summed E-state index contributed by atoms with van der Waals surface area (Å²) in [5.74, 6) is 1.43. The molecule has 1 aromatic carbocycles. The number of rotatable bonds is 7. The monoisotopic (exact) mass is 323 g/mol. The number of nitrogens with zero attached hydrogens (tertiary/aromatic N) is 1. The number of H-pyrrole nitrogens is 1. The molecule has 0 saturated carbocycles. The summed E-state index contributed by atoms with van der Waals surface area (Å²) in [6, 6.07) is 5.85. The number of nitrogens with one attached hydrogen (secondary N) is 2. The maximum atomic E-state index is 11.3. The Balaban J connectivity index is 1.89. The van der Waals surface area contributed by atoms with Crippen molar-refractivity contribution in [2.45, 2.75) is 12.8 Å². The zero-order valence-electron chi connectivity index (χ0n) is 12.5. The van der Waals surface area contributed by atoms with Gasteiger partial charge < -0.3 is 14.8 Å². The summed E-state index contributed by atoms with van der Waals surface area (Å²) >= 11 is 5.89. The smallest absolute Gasteiger partial charge is 0.285 e. The van der Waals surface area contributed by atoms with Gasteiger partial charge in [0.1, 0.15) is 5.02 Å². The van der Waals surface area contributed by atoms with Crippen LogP contribution in [0.2, 0.25) is 5.02 Å². The molecule has 0 saturated heterocycles. The number of anilines is 1. The van der Waals surface area contributed by atoms with Gasteiger partial charge in [-0.2, -0.15) is 5.10 Å². The lowest BCUT2D eigenvalue weighted by molar-refractivity contribution is 0.354. The fourth-order valence-electron chi connectivity index (χ4n) is 2.06. The Bertz CT molecular complexity index is 688. The minimum atomic E-state index is -0.397. The first-order chi connectivity index (χ1) is 10.7. The fourth-order valence-corrected chi connectivity index (χ4v) is 2.22. The standard InChI is InChI=1S/C15H18ClN3O3/c1-21-12-6-5-10(8-13(12)22-2)4-3-7-17-11-9-18-19-15(20)14(11)16/h5-6,8-9H,3-4,7H2,1-2H3,(H2,17,19,20). The third-order valence-corrected chi connectivity index (χ3v) is 3.58. The molecule has 0 amide bonds. The molecule has 2 rings (SSSR count). The minimum Gasteiger partial charge on any atom is -0.493 e. The largest absolute Gasteiger partial charge is 0.493 e. The Kier molecular flexibility index (Phi) is 5.66. The molecule has 0 bridgehead atoms. The highest BCUT2D eigenvalue weighted by Crippen LogP contribution is 2.28. The quantitative estimate of drug-likeness (QED) is 0.766. The van der Waals surface area contributed by atoms with Gasteiger partial charge in [-0.1, -0.05) is 17.7 Å². The lowest BCUT2D eigenvalue weighted by Crippen LogP contribution is -2.12. The van der Waals surface area contributed by atoms with Crippen LogP contribution in [-0.4, -0.2) is 31.0 Å². The van der Waals surface area contributed by atoms with E-state index in [0.29, 0.717) is 18.0 Å². The van der Waals surface area contributed by atoms with Crippen molar-refractivity contribution in [2.75, 3.05) is 26.1 Å². The number of benzene rings is 1. The molecule has 0 aliphatic heterocycles. The van der Waals surface area contributed by atoms with Crippen LogP contribution in [0.5, 0.6) is 11.5 Å². The zero-order chi connectivity index (χ0) is 15.9. The first-order valence-corrected chi connectivity index (χ1v) is 7.21. The minimum absolute atomic E-state index is 0.126. The third-order valence-electron chi connectivity index (χ3n) is 3.20. The van der Waals surface area contributed by atoms with Crippen molar-refractivity contribution < 1.29 is 9.47 Å². The van der Waals surface area contributed by atoms with Crippen LogP contribution in [0.1, 0.15) is 12.0 Å². The number of ether oxygens (including phenoxy) is 2. The highest BCUT2D eigenvalue weighted by atomic mass is 35.5. The summed E-state index contributed by atoms with van der Waals surface area (Å²) in [5, 5.41) is 9.22. The van der Waals surface area contributed by atoms with E-state index in [1.165, 1.54) is 6.20 Å². The van der Waals surface area contributed by atoms with Crippen molar-refractivity contribution in [3.05, 3.63) is 45.3 Å². The van der Waals surface area contributed by atoms with E-state index in [2.05, 4.69) is 15.5 Å². The topological polar surface area (TPSA) is 76.2 Å². The molecule has 0 spiro atoms. The lowest BCUT2D eigenvalue weighted by Gasteiger charge is -2.10. The van der Waals surface area contributed by atoms with Gasteiger partial charge in [-0.15, -0.1) is 0 Å². The number of hydrogen-bond donors (Lipinski definition) is 2. The van der Waals surface area contributed by atoms with Gasteiger partial charge in [-0.25, -0.2) is 5.10 Å². The Labute approximate surface area is 133 Å². The molecule has 22 heavy (non-hydrogen) atoms. The van der Waals surface area contributed by atoms with Crippen molar-refractivity contribution in [1.29, 1.82) is 0 Å². The highest BCUT2D eigenvalue weighted by Gasteiger charge is 2.06. The van der Waals surface area contributed by atoms with Gasteiger partial charge in [-0.05, 0) is 30.5 Å². The summed E-state index contributed by atoms with van der Waals surface area (Å²) in [7, 11) is 3.23. The van der Waals surface area contributed by atoms with Gasteiger partial charge in [0, 0.05) is 6.54 Å². The predicted octanol–water partition coefficient (Wildman–Crippen LogP) is 2.49. The van der Waals surface area contributed by atoms with Gasteiger partial charge >= 0.3 is 0 Å². The Morgan fingerprint density at radius 3 is 2.77 bits per heavy atom. The van der Waals surface area contributed by atoms with Crippen LogP contribution in [0.4, 0.5) is 5.69 Å². The highest BCUT2D eigenvalue weighted by molar-refractivity contribution is 6.32. The molecule has 118 valence electrons. The van der Waals surface area contributed by atoms with Gasteiger partial charge in [0.2, 0.25) is 0 Å². The van der Waals surface area contributed by atoms with Gasteiger partial charge in [0.05, 0.1) is 26.1 Å². The average Bonchev–Trinajstić information content (AvgIpc) is 2.55. The molecular weight excluding hydrogens is 306 g/mol. The molecule has 0 fully saturated rings. The SMILES string of the molecule is COc1ccc(CCCNc2cn[nH]c(=O)c2Cl)cc1OC. The van der Waals surface area contributed by atoms with E-state index >= 15 is 0 Å². The molecule has 2 aromatic rings. The van der Waals surface area contributed by atoms with Crippen LogP contribution in [0.15, 0.2) is 29.2 Å². The van der Waals surface area contributed by atoms with Crippen molar-refractivity contribution in [2.24, 2.45) is 0 Å². The van der Waals surface area contributed by atoms with Crippen molar-refractivity contribution in [3.8, 4) is 11.5 Å². The van der Waals surface area contributed by atoms with E-state index in [0.717, 1.165) is 24.2 Å². The van der Waals surface area contributed by atoms with E-state index in [4.69, 9.17) is 21.1 Å². The normalized spacial score (nSPS) is 10.3. The molecule has 6 nitrogen and oxygen atoms in total. The second-order valence-corrected chi connectivity index (χ2v) is 5.02. The van der Waals surface area contributed by atoms with Crippen LogP contribution in [0.25, 0.3) is 0 Å². The summed E-state index contributed by atoms with van der Waals surface area (Å²) < 4.78 is 10.5.